The van der Waals surface area contributed by atoms with Crippen molar-refractivity contribution in [2.24, 2.45) is 0 Å². The summed E-state index contributed by atoms with van der Waals surface area (Å²) in [4.78, 5) is 18.0. The fraction of sp³-hybridized carbons (Fsp3) is 0.148. The molecule has 0 radical (unpaired) electrons. The van der Waals surface area contributed by atoms with Gasteiger partial charge in [-0.3, -0.25) is 4.98 Å². The highest BCUT2D eigenvalue weighted by molar-refractivity contribution is 7.80. The smallest absolute Gasteiger partial charge is 0.335 e. The van der Waals surface area contributed by atoms with E-state index in [2.05, 4.69) is 10.3 Å². The van der Waals surface area contributed by atoms with Crippen molar-refractivity contribution in [3.8, 4) is 17.1 Å². The van der Waals surface area contributed by atoms with Gasteiger partial charge in [0, 0.05) is 17.4 Å². The van der Waals surface area contributed by atoms with Crippen LogP contribution in [0.3, 0.4) is 0 Å². The quantitative estimate of drug-likeness (QED) is 0.276. The maximum atomic E-state index is 11.5. The van der Waals surface area contributed by atoms with Gasteiger partial charge < -0.3 is 24.5 Å². The van der Waals surface area contributed by atoms with Crippen molar-refractivity contribution in [1.82, 2.24) is 10.3 Å². The highest BCUT2D eigenvalue weighted by Crippen LogP contribution is 2.43. The van der Waals surface area contributed by atoms with Gasteiger partial charge in [-0.25, -0.2) is 4.79 Å². The summed E-state index contributed by atoms with van der Waals surface area (Å²) in [5.41, 5.74) is 2.29. The van der Waals surface area contributed by atoms with Gasteiger partial charge in [0.25, 0.3) is 0 Å². The van der Waals surface area contributed by atoms with Crippen molar-refractivity contribution in [3.05, 3.63) is 101 Å². The number of anilines is 1. The normalized spacial score (nSPS) is 17.2. The lowest BCUT2D eigenvalue weighted by atomic mass is 10.0. The number of ether oxygens (including phenoxy) is 1. The van der Waals surface area contributed by atoms with E-state index in [1.54, 1.807) is 18.3 Å². The molecule has 1 aliphatic rings. The van der Waals surface area contributed by atoms with Crippen molar-refractivity contribution in [3.63, 3.8) is 0 Å². The monoisotopic (exact) mass is 519 g/mol. The number of carbonyl (C=O) groups is 1. The van der Waals surface area contributed by atoms with Gasteiger partial charge in [0.2, 0.25) is 0 Å². The first kappa shape index (κ1) is 23.8. The summed E-state index contributed by atoms with van der Waals surface area (Å²) in [5, 5.41) is 13.7. The lowest BCUT2D eigenvalue weighted by Crippen LogP contribution is -2.29. The van der Waals surface area contributed by atoms with Gasteiger partial charge in [0.05, 0.1) is 28.9 Å². The second-order valence-electron chi connectivity index (χ2n) is 8.13. The summed E-state index contributed by atoms with van der Waals surface area (Å²) in [6.45, 7) is 2.52. The fourth-order valence-electron chi connectivity index (χ4n) is 4.30. The summed E-state index contributed by atoms with van der Waals surface area (Å²) >= 11 is 12.2. The molecule has 1 fully saturated rings. The van der Waals surface area contributed by atoms with E-state index in [4.69, 9.17) is 33.0 Å². The number of nitrogens with zero attached hydrogens (tertiary/aromatic N) is 2. The molecule has 0 spiro atoms. The van der Waals surface area contributed by atoms with Crippen LogP contribution in [0.25, 0.3) is 11.3 Å². The molecule has 1 saturated heterocycles. The van der Waals surface area contributed by atoms with E-state index in [1.165, 1.54) is 12.1 Å². The molecule has 2 aromatic heterocycles. The third kappa shape index (κ3) is 4.53. The van der Waals surface area contributed by atoms with Crippen LogP contribution in [0.1, 0.15) is 40.8 Å². The second-order valence-corrected chi connectivity index (χ2v) is 8.92. The fourth-order valence-corrected chi connectivity index (χ4v) is 4.85. The molecule has 0 unspecified atom stereocenters. The Morgan fingerprint density at radius 1 is 1.17 bits per heavy atom. The zero-order valence-electron chi connectivity index (χ0n) is 19.2. The molecule has 2 N–H and O–H groups in total. The number of nitrogens with one attached hydrogen (secondary N) is 1. The molecule has 0 bridgehead atoms. The predicted octanol–water partition coefficient (Wildman–Crippen LogP) is 6.27. The number of pyridine rings is 1. The number of thiocarbonyl (C=S) groups is 1. The van der Waals surface area contributed by atoms with Gasteiger partial charge in [-0.1, -0.05) is 17.7 Å². The zero-order valence-corrected chi connectivity index (χ0v) is 20.8. The van der Waals surface area contributed by atoms with Crippen LogP contribution in [-0.4, -0.2) is 27.8 Å². The molecule has 2 aromatic carbocycles. The Bertz CT molecular complexity index is 1410. The standard InChI is InChI=1S/C27H22ClN3O4S/c1-2-34-18-9-7-17(8-10-18)31-25(24(30-27(31)36)21-5-3-4-14-29-21)23-13-12-22(35-23)19-15-16(26(32)33)6-11-20(19)28/h3-15,24-25H,2H2,1H3,(H,30,36)(H,32,33)/t24-,25-/m0/s1. The highest BCUT2D eigenvalue weighted by Gasteiger charge is 2.42. The molecule has 0 amide bonds. The number of carboxylic acids is 1. The summed E-state index contributed by atoms with van der Waals surface area (Å²) in [5.74, 6) is 0.813. The van der Waals surface area contributed by atoms with Crippen LogP contribution in [0.2, 0.25) is 5.02 Å². The molecular formula is C27H22ClN3O4S. The predicted molar refractivity (Wildman–Crippen MR) is 142 cm³/mol. The summed E-state index contributed by atoms with van der Waals surface area (Å²) < 4.78 is 11.9. The first-order valence-corrected chi connectivity index (χ1v) is 12.1. The van der Waals surface area contributed by atoms with Crippen LogP contribution in [0.15, 0.2) is 83.4 Å². The first-order valence-electron chi connectivity index (χ1n) is 11.3. The molecule has 4 aromatic rings. The number of hydrogen-bond donors (Lipinski definition) is 2. The van der Waals surface area contributed by atoms with Crippen LogP contribution in [-0.2, 0) is 0 Å². The van der Waals surface area contributed by atoms with Crippen molar-refractivity contribution in [2.75, 3.05) is 11.5 Å². The Kier molecular flexibility index (Phi) is 6.63. The number of carboxylic acid groups (broad SMARTS) is 1. The van der Waals surface area contributed by atoms with Crippen LogP contribution < -0.4 is 15.0 Å². The number of aromatic nitrogens is 1. The molecule has 9 heteroatoms. The molecule has 1 aliphatic heterocycles. The Hall–Kier alpha value is -3.88. The summed E-state index contributed by atoms with van der Waals surface area (Å²) in [6.07, 6.45) is 1.74. The Morgan fingerprint density at radius 3 is 2.67 bits per heavy atom. The first-order chi connectivity index (χ1) is 17.5. The number of rotatable bonds is 7. The minimum atomic E-state index is -1.04. The van der Waals surface area contributed by atoms with Crippen LogP contribution in [0.5, 0.6) is 5.75 Å². The highest BCUT2D eigenvalue weighted by atomic mass is 35.5. The van der Waals surface area contributed by atoms with E-state index in [1.807, 2.05) is 60.4 Å². The summed E-state index contributed by atoms with van der Waals surface area (Å²) in [7, 11) is 0. The molecular weight excluding hydrogens is 498 g/mol. The minimum Gasteiger partial charge on any atom is -0.494 e. The third-order valence-electron chi connectivity index (χ3n) is 5.92. The molecule has 2 atom stereocenters. The van der Waals surface area contributed by atoms with E-state index >= 15 is 0 Å². The average Bonchev–Trinajstić information content (AvgIpc) is 3.50. The lowest BCUT2D eigenvalue weighted by molar-refractivity contribution is 0.0697. The van der Waals surface area contributed by atoms with Crippen molar-refractivity contribution in [1.29, 1.82) is 0 Å². The number of aromatic carboxylic acids is 1. The van der Waals surface area contributed by atoms with Crippen molar-refractivity contribution < 1.29 is 19.1 Å². The van der Waals surface area contributed by atoms with E-state index in [9.17, 15) is 9.90 Å². The zero-order chi connectivity index (χ0) is 25.2. The average molecular weight is 520 g/mol. The Morgan fingerprint density at radius 2 is 1.97 bits per heavy atom. The minimum absolute atomic E-state index is 0.124. The SMILES string of the molecule is CCOc1ccc(N2C(=S)N[C@@H](c3ccccn3)[C@@H]2c2ccc(-c3cc(C(=O)O)ccc3Cl)o2)cc1. The topological polar surface area (TPSA) is 87.8 Å². The molecule has 3 heterocycles. The Balaban J connectivity index is 1.58. The van der Waals surface area contributed by atoms with Gasteiger partial charge in [-0.2, -0.15) is 0 Å². The van der Waals surface area contributed by atoms with E-state index in [0.29, 0.717) is 33.8 Å². The Labute approximate surface area is 218 Å². The third-order valence-corrected chi connectivity index (χ3v) is 6.57. The molecule has 5 rings (SSSR count). The maximum Gasteiger partial charge on any atom is 0.335 e. The van der Waals surface area contributed by atoms with Crippen molar-refractivity contribution >= 4 is 40.6 Å². The van der Waals surface area contributed by atoms with Gasteiger partial charge in [0.1, 0.15) is 23.3 Å². The molecule has 182 valence electrons. The molecule has 7 nitrogen and oxygen atoms in total. The van der Waals surface area contributed by atoms with E-state index in [-0.39, 0.29) is 17.6 Å². The van der Waals surface area contributed by atoms with Crippen LogP contribution in [0.4, 0.5) is 5.69 Å². The second kappa shape index (κ2) is 10.0. The lowest BCUT2D eigenvalue weighted by Gasteiger charge is -2.26. The van der Waals surface area contributed by atoms with Crippen LogP contribution in [0, 0.1) is 0 Å². The van der Waals surface area contributed by atoms with Gasteiger partial charge in [-0.05, 0) is 85.9 Å². The van der Waals surface area contributed by atoms with Crippen molar-refractivity contribution in [2.45, 2.75) is 19.0 Å². The largest absolute Gasteiger partial charge is 0.494 e. The van der Waals surface area contributed by atoms with E-state index in [0.717, 1.165) is 17.1 Å². The number of furan rings is 1. The molecule has 36 heavy (non-hydrogen) atoms. The van der Waals surface area contributed by atoms with Gasteiger partial charge in [0.15, 0.2) is 5.11 Å². The van der Waals surface area contributed by atoms with E-state index < -0.39 is 5.97 Å². The maximum absolute atomic E-state index is 11.5. The number of hydrogen-bond acceptors (Lipinski definition) is 5. The molecule has 0 aliphatic carbocycles. The summed E-state index contributed by atoms with van der Waals surface area (Å²) in [6, 6.07) is 20.9. The number of benzene rings is 2. The van der Waals surface area contributed by atoms with Gasteiger partial charge in [-0.15, -0.1) is 0 Å². The molecule has 0 saturated carbocycles. The van der Waals surface area contributed by atoms with Gasteiger partial charge >= 0.3 is 5.97 Å². The number of halogens is 1. The van der Waals surface area contributed by atoms with Crippen LogP contribution >= 0.6 is 23.8 Å².